The second kappa shape index (κ2) is 12.6. The van der Waals surface area contributed by atoms with E-state index >= 15 is 0 Å². The fraction of sp³-hybridized carbons (Fsp3) is 0.609. The molecular formula is C23H34O5. The van der Waals surface area contributed by atoms with Gasteiger partial charge in [0.05, 0.1) is 13.2 Å². The lowest BCUT2D eigenvalue weighted by Gasteiger charge is -2.20. The van der Waals surface area contributed by atoms with Gasteiger partial charge in [-0.05, 0) is 49.7 Å². The van der Waals surface area contributed by atoms with E-state index in [0.29, 0.717) is 12.3 Å². The van der Waals surface area contributed by atoms with Crippen molar-refractivity contribution in [1.29, 1.82) is 0 Å². The van der Waals surface area contributed by atoms with E-state index in [1.54, 1.807) is 6.08 Å². The first-order valence-corrected chi connectivity index (χ1v) is 10.4. The average Bonchev–Trinajstić information content (AvgIpc) is 3.07. The van der Waals surface area contributed by atoms with Crippen LogP contribution in [0.2, 0.25) is 0 Å². The van der Waals surface area contributed by atoms with Crippen LogP contribution < -0.4 is 4.74 Å². The maximum absolute atomic E-state index is 11.1. The Kier molecular flexibility index (Phi) is 10.1. The van der Waals surface area contributed by atoms with Crippen molar-refractivity contribution in [3.63, 3.8) is 0 Å². The smallest absolute Gasteiger partial charge is 0.305 e. The van der Waals surface area contributed by atoms with Crippen LogP contribution in [0.4, 0.5) is 0 Å². The first-order chi connectivity index (χ1) is 13.6. The van der Waals surface area contributed by atoms with Crippen LogP contribution in [0.25, 0.3) is 0 Å². The van der Waals surface area contributed by atoms with E-state index in [1.807, 2.05) is 30.3 Å². The number of carbonyl (C=O) groups is 1. The summed E-state index contributed by atoms with van der Waals surface area (Å²) in [5, 5.41) is 20.5. The Hall–Kier alpha value is -1.85. The Balaban J connectivity index is 1.68. The van der Waals surface area contributed by atoms with Crippen molar-refractivity contribution < 1.29 is 24.5 Å². The van der Waals surface area contributed by atoms with Crippen LogP contribution in [0.3, 0.4) is 0 Å². The number of ether oxygens (including phenoxy) is 2. The Morgan fingerprint density at radius 1 is 1.18 bits per heavy atom. The molecule has 0 radical (unpaired) electrons. The molecule has 1 aliphatic carbocycles. The lowest BCUT2D eigenvalue weighted by Crippen LogP contribution is -2.19. The summed E-state index contributed by atoms with van der Waals surface area (Å²) in [5.74, 6) is 1.15. The zero-order valence-electron chi connectivity index (χ0n) is 16.8. The Labute approximate surface area is 168 Å². The molecule has 0 heterocycles. The molecule has 0 aliphatic heterocycles. The number of para-hydroxylation sites is 1. The molecule has 5 heteroatoms. The summed E-state index contributed by atoms with van der Waals surface area (Å²) in [6, 6.07) is 9.46. The van der Waals surface area contributed by atoms with Crippen molar-refractivity contribution in [2.75, 3.05) is 13.7 Å². The maximum atomic E-state index is 11.1. The Bertz CT molecular complexity index is 586. The van der Waals surface area contributed by atoms with Crippen LogP contribution in [-0.4, -0.2) is 42.1 Å². The summed E-state index contributed by atoms with van der Waals surface area (Å²) in [7, 11) is 1.42. The van der Waals surface area contributed by atoms with Gasteiger partial charge in [0, 0.05) is 6.42 Å². The molecule has 156 valence electrons. The van der Waals surface area contributed by atoms with Gasteiger partial charge in [-0.2, -0.15) is 0 Å². The molecule has 0 bridgehead atoms. The van der Waals surface area contributed by atoms with E-state index in [-0.39, 0.29) is 24.6 Å². The fourth-order valence-corrected chi connectivity index (χ4v) is 3.85. The predicted octanol–water partition coefficient (Wildman–Crippen LogP) is 3.88. The quantitative estimate of drug-likeness (QED) is 0.322. The van der Waals surface area contributed by atoms with Crippen LogP contribution in [0.1, 0.15) is 51.4 Å². The monoisotopic (exact) mass is 390 g/mol. The standard InChI is InChI=1S/C23H34O5/c1-27-23(26)12-8-3-2-7-11-21-18(14-16-22(21)25)13-15-19(24)17-28-20-9-5-4-6-10-20/h4-6,9-10,13,15,18-19,21-22,24-25H,2-3,7-8,11-12,14,16-17H2,1H3/b15-13+/t18-,19-,21+,22-/m0/s1. The predicted molar refractivity (Wildman–Crippen MR) is 109 cm³/mol. The third-order valence-electron chi connectivity index (χ3n) is 5.48. The highest BCUT2D eigenvalue weighted by Crippen LogP contribution is 2.36. The normalized spacial score (nSPS) is 23.0. The third-order valence-corrected chi connectivity index (χ3v) is 5.48. The molecule has 2 rings (SSSR count). The minimum atomic E-state index is -0.656. The fourth-order valence-electron chi connectivity index (χ4n) is 3.85. The molecule has 1 aromatic rings. The van der Waals surface area contributed by atoms with Gasteiger partial charge < -0.3 is 19.7 Å². The van der Waals surface area contributed by atoms with Gasteiger partial charge in [0.1, 0.15) is 18.5 Å². The zero-order chi connectivity index (χ0) is 20.2. The van der Waals surface area contributed by atoms with Crippen molar-refractivity contribution in [3.8, 4) is 5.75 Å². The van der Waals surface area contributed by atoms with Gasteiger partial charge >= 0.3 is 5.97 Å². The minimum absolute atomic E-state index is 0.147. The van der Waals surface area contributed by atoms with Crippen molar-refractivity contribution in [1.82, 2.24) is 0 Å². The molecule has 1 fully saturated rings. The molecule has 0 saturated heterocycles. The van der Waals surface area contributed by atoms with E-state index in [1.165, 1.54) is 7.11 Å². The van der Waals surface area contributed by atoms with Gasteiger partial charge in [-0.1, -0.05) is 49.6 Å². The van der Waals surface area contributed by atoms with Crippen molar-refractivity contribution >= 4 is 5.97 Å². The molecule has 5 nitrogen and oxygen atoms in total. The molecule has 0 spiro atoms. The van der Waals surface area contributed by atoms with Gasteiger partial charge in [0.15, 0.2) is 0 Å². The molecule has 0 unspecified atom stereocenters. The molecule has 0 amide bonds. The number of unbranched alkanes of at least 4 members (excludes halogenated alkanes) is 3. The van der Waals surface area contributed by atoms with E-state index < -0.39 is 6.10 Å². The Morgan fingerprint density at radius 2 is 1.93 bits per heavy atom. The summed E-state index contributed by atoms with van der Waals surface area (Å²) in [6.07, 6.45) is 10.1. The van der Waals surface area contributed by atoms with Crippen LogP contribution >= 0.6 is 0 Å². The Morgan fingerprint density at radius 3 is 2.68 bits per heavy atom. The largest absolute Gasteiger partial charge is 0.491 e. The van der Waals surface area contributed by atoms with Crippen molar-refractivity contribution in [3.05, 3.63) is 42.5 Å². The van der Waals surface area contributed by atoms with Crippen LogP contribution in [0.5, 0.6) is 5.75 Å². The lowest BCUT2D eigenvalue weighted by molar-refractivity contribution is -0.140. The molecule has 2 N–H and O–H groups in total. The van der Waals surface area contributed by atoms with Crippen molar-refractivity contribution in [2.24, 2.45) is 11.8 Å². The molecule has 1 aromatic carbocycles. The van der Waals surface area contributed by atoms with Crippen LogP contribution in [-0.2, 0) is 9.53 Å². The minimum Gasteiger partial charge on any atom is -0.491 e. The second-order valence-corrected chi connectivity index (χ2v) is 7.58. The summed E-state index contributed by atoms with van der Waals surface area (Å²) >= 11 is 0. The first kappa shape index (κ1) is 22.4. The van der Waals surface area contributed by atoms with E-state index in [2.05, 4.69) is 10.8 Å². The highest BCUT2D eigenvalue weighted by molar-refractivity contribution is 5.68. The zero-order valence-corrected chi connectivity index (χ0v) is 16.8. The number of esters is 1. The summed E-state index contributed by atoms with van der Waals surface area (Å²) < 4.78 is 10.2. The van der Waals surface area contributed by atoms with Crippen LogP contribution in [0.15, 0.2) is 42.5 Å². The lowest BCUT2D eigenvalue weighted by atomic mass is 9.88. The highest BCUT2D eigenvalue weighted by Gasteiger charge is 2.32. The molecule has 1 saturated carbocycles. The average molecular weight is 391 g/mol. The van der Waals surface area contributed by atoms with Gasteiger partial charge in [-0.3, -0.25) is 4.79 Å². The SMILES string of the molecule is COC(=O)CCCCCC[C@H]1[C@@H](O)CC[C@@H]1/C=C/[C@H](O)COc1ccccc1. The first-order valence-electron chi connectivity index (χ1n) is 10.4. The number of methoxy groups -OCH3 is 1. The third kappa shape index (κ3) is 8.03. The summed E-state index contributed by atoms with van der Waals surface area (Å²) in [5.41, 5.74) is 0. The number of carbonyl (C=O) groups excluding carboxylic acids is 1. The second-order valence-electron chi connectivity index (χ2n) is 7.58. The van der Waals surface area contributed by atoms with Crippen molar-refractivity contribution in [2.45, 2.75) is 63.6 Å². The number of aliphatic hydroxyl groups is 2. The number of rotatable bonds is 12. The maximum Gasteiger partial charge on any atom is 0.305 e. The number of benzene rings is 1. The molecule has 4 atom stereocenters. The van der Waals surface area contributed by atoms with Gasteiger partial charge in [0.25, 0.3) is 0 Å². The number of allylic oxidation sites excluding steroid dienone is 1. The van der Waals surface area contributed by atoms with Gasteiger partial charge in [-0.25, -0.2) is 0 Å². The highest BCUT2D eigenvalue weighted by atomic mass is 16.5. The van der Waals surface area contributed by atoms with Crippen LogP contribution in [0, 0.1) is 11.8 Å². The number of hydrogen-bond donors (Lipinski definition) is 2. The molecule has 1 aliphatic rings. The topological polar surface area (TPSA) is 76.0 Å². The van der Waals surface area contributed by atoms with E-state index in [4.69, 9.17) is 4.74 Å². The van der Waals surface area contributed by atoms with Gasteiger partial charge in [-0.15, -0.1) is 0 Å². The summed E-state index contributed by atoms with van der Waals surface area (Å²) in [6.45, 7) is 0.223. The van der Waals surface area contributed by atoms with Gasteiger partial charge in [0.2, 0.25) is 0 Å². The molecule has 0 aromatic heterocycles. The summed E-state index contributed by atoms with van der Waals surface area (Å²) in [4.78, 5) is 11.1. The molecular weight excluding hydrogens is 356 g/mol. The van der Waals surface area contributed by atoms with E-state index in [9.17, 15) is 15.0 Å². The number of aliphatic hydroxyl groups excluding tert-OH is 2. The molecule has 28 heavy (non-hydrogen) atoms. The van der Waals surface area contributed by atoms with E-state index in [0.717, 1.165) is 50.7 Å². The number of hydrogen-bond acceptors (Lipinski definition) is 5.